The van der Waals surface area contributed by atoms with Gasteiger partial charge in [0.15, 0.2) is 0 Å². The summed E-state index contributed by atoms with van der Waals surface area (Å²) < 4.78 is 0. The second-order valence-corrected chi connectivity index (χ2v) is 6.78. The SMILES string of the molecule is C=Cc1ccc(CC(=O)NCCc2ccc3c(n2)NCCC3)cc1/C=C\C. The van der Waals surface area contributed by atoms with E-state index in [1.54, 1.807) is 0 Å². The van der Waals surface area contributed by atoms with Crippen molar-refractivity contribution in [2.45, 2.75) is 32.6 Å². The van der Waals surface area contributed by atoms with E-state index >= 15 is 0 Å². The maximum absolute atomic E-state index is 12.3. The maximum atomic E-state index is 12.3. The molecule has 0 unspecified atom stereocenters. The lowest BCUT2D eigenvalue weighted by molar-refractivity contribution is -0.120. The van der Waals surface area contributed by atoms with Crippen LogP contribution in [0, 0.1) is 0 Å². The third-order valence-corrected chi connectivity index (χ3v) is 4.74. The number of pyridine rings is 1. The van der Waals surface area contributed by atoms with Crippen molar-refractivity contribution in [3.8, 4) is 0 Å². The predicted octanol–water partition coefficient (Wildman–Crippen LogP) is 4.02. The third-order valence-electron chi connectivity index (χ3n) is 4.74. The molecule has 2 aromatic rings. The van der Waals surface area contributed by atoms with Gasteiger partial charge in [-0.05, 0) is 48.1 Å². The van der Waals surface area contributed by atoms with Crippen LogP contribution in [0.3, 0.4) is 0 Å². The van der Waals surface area contributed by atoms with E-state index in [-0.39, 0.29) is 5.91 Å². The molecule has 1 aliphatic heterocycles. The van der Waals surface area contributed by atoms with Crippen LogP contribution in [0.4, 0.5) is 5.82 Å². The predicted molar refractivity (Wildman–Crippen MR) is 113 cm³/mol. The zero-order chi connectivity index (χ0) is 19.1. The van der Waals surface area contributed by atoms with Crippen LogP contribution < -0.4 is 10.6 Å². The van der Waals surface area contributed by atoms with E-state index in [1.807, 2.05) is 43.4 Å². The van der Waals surface area contributed by atoms with Gasteiger partial charge in [0.1, 0.15) is 5.82 Å². The molecule has 2 N–H and O–H groups in total. The number of hydrogen-bond donors (Lipinski definition) is 2. The molecule has 4 nitrogen and oxygen atoms in total. The van der Waals surface area contributed by atoms with Gasteiger partial charge < -0.3 is 10.6 Å². The van der Waals surface area contributed by atoms with E-state index in [0.717, 1.165) is 54.0 Å². The number of fused-ring (bicyclic) bond motifs is 1. The average Bonchev–Trinajstić information content (AvgIpc) is 2.68. The molecule has 27 heavy (non-hydrogen) atoms. The Balaban J connectivity index is 1.52. The lowest BCUT2D eigenvalue weighted by Crippen LogP contribution is -2.27. The van der Waals surface area contributed by atoms with Gasteiger partial charge in [-0.3, -0.25) is 4.79 Å². The molecule has 0 atom stereocenters. The molecule has 2 heterocycles. The number of nitrogens with one attached hydrogen (secondary N) is 2. The van der Waals surface area contributed by atoms with Gasteiger partial charge >= 0.3 is 0 Å². The highest BCUT2D eigenvalue weighted by molar-refractivity contribution is 5.79. The largest absolute Gasteiger partial charge is 0.370 e. The van der Waals surface area contributed by atoms with Gasteiger partial charge in [0, 0.05) is 25.2 Å². The van der Waals surface area contributed by atoms with Gasteiger partial charge in [-0.1, -0.05) is 49.1 Å². The summed E-state index contributed by atoms with van der Waals surface area (Å²) in [7, 11) is 0. The van der Waals surface area contributed by atoms with Gasteiger partial charge in [0.25, 0.3) is 0 Å². The van der Waals surface area contributed by atoms with E-state index in [9.17, 15) is 4.79 Å². The second kappa shape index (κ2) is 9.17. The number of rotatable bonds is 7. The summed E-state index contributed by atoms with van der Waals surface area (Å²) in [6.07, 6.45) is 9.22. The van der Waals surface area contributed by atoms with Gasteiger partial charge in [-0.2, -0.15) is 0 Å². The molecule has 0 bridgehead atoms. The van der Waals surface area contributed by atoms with Crippen LogP contribution in [0.2, 0.25) is 0 Å². The smallest absolute Gasteiger partial charge is 0.224 e. The minimum atomic E-state index is 0.0314. The van der Waals surface area contributed by atoms with Crippen molar-refractivity contribution in [1.82, 2.24) is 10.3 Å². The highest BCUT2D eigenvalue weighted by Crippen LogP contribution is 2.19. The average molecular weight is 361 g/mol. The van der Waals surface area contributed by atoms with Crippen LogP contribution in [-0.2, 0) is 24.1 Å². The zero-order valence-corrected chi connectivity index (χ0v) is 15.9. The second-order valence-electron chi connectivity index (χ2n) is 6.78. The van der Waals surface area contributed by atoms with Gasteiger partial charge in [-0.25, -0.2) is 4.98 Å². The molecule has 0 aliphatic carbocycles. The fraction of sp³-hybridized carbons (Fsp3) is 0.304. The zero-order valence-electron chi connectivity index (χ0n) is 15.9. The number of aryl methyl sites for hydroxylation is 1. The van der Waals surface area contributed by atoms with Crippen molar-refractivity contribution in [2.75, 3.05) is 18.4 Å². The van der Waals surface area contributed by atoms with E-state index in [1.165, 1.54) is 5.56 Å². The first kappa shape index (κ1) is 18.9. The Hall–Kier alpha value is -2.88. The molecule has 0 saturated carbocycles. The van der Waals surface area contributed by atoms with Crippen molar-refractivity contribution in [3.05, 3.63) is 70.9 Å². The van der Waals surface area contributed by atoms with Crippen LogP contribution in [0.15, 0.2) is 43.0 Å². The number of allylic oxidation sites excluding steroid dienone is 1. The van der Waals surface area contributed by atoms with E-state index in [4.69, 9.17) is 0 Å². The van der Waals surface area contributed by atoms with Gasteiger partial charge in [-0.15, -0.1) is 0 Å². The molecule has 0 fully saturated rings. The van der Waals surface area contributed by atoms with Crippen molar-refractivity contribution in [2.24, 2.45) is 0 Å². The summed E-state index contributed by atoms with van der Waals surface area (Å²) in [5, 5.41) is 6.35. The Bertz CT molecular complexity index is 855. The molecule has 0 saturated heterocycles. The van der Waals surface area contributed by atoms with E-state index < -0.39 is 0 Å². The maximum Gasteiger partial charge on any atom is 0.224 e. The standard InChI is InChI=1S/C23H27N3O/c1-3-6-20-15-17(8-9-18(20)4-2)16-22(27)24-14-12-21-11-10-19-7-5-13-25-23(19)26-21/h3-4,6,8-11,15H,2,5,7,12-14,16H2,1H3,(H,24,27)(H,25,26)/b6-3-. The Morgan fingerprint density at radius 2 is 2.19 bits per heavy atom. The molecule has 1 aliphatic rings. The van der Waals surface area contributed by atoms with Crippen LogP contribution in [0.5, 0.6) is 0 Å². The van der Waals surface area contributed by atoms with E-state index in [2.05, 4.69) is 34.3 Å². The number of hydrogen-bond acceptors (Lipinski definition) is 3. The molecule has 140 valence electrons. The summed E-state index contributed by atoms with van der Waals surface area (Å²) in [5.74, 6) is 1.03. The minimum Gasteiger partial charge on any atom is -0.370 e. The fourth-order valence-corrected chi connectivity index (χ4v) is 3.33. The Morgan fingerprint density at radius 1 is 1.30 bits per heavy atom. The monoisotopic (exact) mass is 361 g/mol. The highest BCUT2D eigenvalue weighted by atomic mass is 16.1. The van der Waals surface area contributed by atoms with Gasteiger partial charge in [0.2, 0.25) is 5.91 Å². The van der Waals surface area contributed by atoms with Crippen molar-refractivity contribution >= 4 is 23.9 Å². The molecule has 0 spiro atoms. The molecular weight excluding hydrogens is 334 g/mol. The first-order valence-electron chi connectivity index (χ1n) is 9.57. The number of nitrogens with zero attached hydrogens (tertiary/aromatic N) is 1. The minimum absolute atomic E-state index is 0.0314. The molecule has 4 heteroatoms. The molecular formula is C23H27N3O. The molecule has 3 rings (SSSR count). The summed E-state index contributed by atoms with van der Waals surface area (Å²) in [5.41, 5.74) is 5.46. The number of anilines is 1. The number of carbonyl (C=O) groups excluding carboxylic acids is 1. The van der Waals surface area contributed by atoms with Crippen molar-refractivity contribution in [1.29, 1.82) is 0 Å². The van der Waals surface area contributed by atoms with E-state index in [0.29, 0.717) is 13.0 Å². The van der Waals surface area contributed by atoms with Crippen LogP contribution in [0.1, 0.15) is 41.3 Å². The highest BCUT2D eigenvalue weighted by Gasteiger charge is 2.10. The first-order chi connectivity index (χ1) is 13.2. The van der Waals surface area contributed by atoms with Crippen LogP contribution in [0.25, 0.3) is 12.2 Å². The van der Waals surface area contributed by atoms with Crippen LogP contribution in [-0.4, -0.2) is 24.0 Å². The van der Waals surface area contributed by atoms with Crippen molar-refractivity contribution in [3.63, 3.8) is 0 Å². The Kier molecular flexibility index (Phi) is 6.42. The number of benzene rings is 1. The quantitative estimate of drug-likeness (QED) is 0.783. The molecule has 1 aromatic carbocycles. The fourth-order valence-electron chi connectivity index (χ4n) is 3.33. The normalized spacial score (nSPS) is 13.1. The van der Waals surface area contributed by atoms with Crippen molar-refractivity contribution < 1.29 is 4.79 Å². The Labute approximate surface area is 161 Å². The number of aromatic nitrogens is 1. The lowest BCUT2D eigenvalue weighted by Gasteiger charge is -2.17. The first-order valence-corrected chi connectivity index (χ1v) is 9.57. The molecule has 1 aromatic heterocycles. The lowest BCUT2D eigenvalue weighted by atomic mass is 10.0. The summed E-state index contributed by atoms with van der Waals surface area (Å²) in [4.78, 5) is 16.9. The molecule has 1 amide bonds. The van der Waals surface area contributed by atoms with Gasteiger partial charge in [0.05, 0.1) is 6.42 Å². The Morgan fingerprint density at radius 3 is 3.00 bits per heavy atom. The molecule has 0 radical (unpaired) electrons. The number of amides is 1. The number of carbonyl (C=O) groups is 1. The summed E-state index contributed by atoms with van der Waals surface area (Å²) in [6, 6.07) is 10.3. The third kappa shape index (κ3) is 5.07. The van der Waals surface area contributed by atoms with Crippen LogP contribution >= 0.6 is 0 Å². The summed E-state index contributed by atoms with van der Waals surface area (Å²) in [6.45, 7) is 7.40. The summed E-state index contributed by atoms with van der Waals surface area (Å²) >= 11 is 0. The topological polar surface area (TPSA) is 54.0 Å².